The van der Waals surface area contributed by atoms with Crippen molar-refractivity contribution in [3.05, 3.63) is 11.6 Å². The van der Waals surface area contributed by atoms with E-state index in [9.17, 15) is 19.2 Å². The average Bonchev–Trinajstić information content (AvgIpc) is 3.43. The van der Waals surface area contributed by atoms with Crippen LogP contribution in [-0.4, -0.2) is 69.7 Å². The molecule has 6 unspecified atom stereocenters. The molecule has 0 aromatic carbocycles. The first-order chi connectivity index (χ1) is 18.5. The second-order valence-electron chi connectivity index (χ2n) is 12.0. The minimum absolute atomic E-state index is 0.0271. The highest BCUT2D eigenvalue weighted by Gasteiger charge is 2.71. The van der Waals surface area contributed by atoms with Crippen LogP contribution in [0.2, 0.25) is 0 Å². The topological polar surface area (TPSA) is 133 Å². The third-order valence-corrected chi connectivity index (χ3v) is 10.6. The molecular weight excluding hydrogens is 512 g/mol. The van der Waals surface area contributed by atoms with Gasteiger partial charge in [0.1, 0.15) is 23.9 Å². The molecule has 216 valence electrons. The van der Waals surface area contributed by atoms with Gasteiger partial charge in [0.05, 0.1) is 21.3 Å². The molecule has 0 N–H and O–H groups in total. The summed E-state index contributed by atoms with van der Waals surface area (Å²) in [6.45, 7) is 4.26. The summed E-state index contributed by atoms with van der Waals surface area (Å²) in [6.07, 6.45) is 2.58. The Labute approximate surface area is 227 Å². The molecular formula is C28H38O11. The van der Waals surface area contributed by atoms with Gasteiger partial charge in [-0.05, 0) is 55.9 Å². The number of ether oxygens (including phenoxy) is 7. The van der Waals surface area contributed by atoms with Crippen molar-refractivity contribution in [3.8, 4) is 0 Å². The lowest BCUT2D eigenvalue weighted by molar-refractivity contribution is -0.197. The molecule has 0 amide bonds. The zero-order chi connectivity index (χ0) is 28.2. The standard InChI is InChI=1S/C28H38O11/c1-26-9-6-16(36-23(30)33-3)12-15(26)13-18(37-24(31)34-4)21-17-7-10-28(11-8-20(29)39-28)27(17,2)14-19(22(21)26)38-25(32)35-5/h13,16-19,21-22H,6-12,14H2,1-5H3/t16-,17?,18?,19?,21?,22?,26-,27-,28?/m0/s1. The summed E-state index contributed by atoms with van der Waals surface area (Å²) in [6, 6.07) is 0. The van der Waals surface area contributed by atoms with Crippen molar-refractivity contribution < 1.29 is 52.3 Å². The second-order valence-corrected chi connectivity index (χ2v) is 12.0. The first-order valence-electron chi connectivity index (χ1n) is 13.7. The van der Waals surface area contributed by atoms with Gasteiger partial charge in [0, 0.05) is 30.1 Å². The van der Waals surface area contributed by atoms with Gasteiger partial charge in [-0.25, -0.2) is 14.4 Å². The number of carbonyl (C=O) groups is 4. The number of carbonyl (C=O) groups excluding carboxylic acids is 4. The summed E-state index contributed by atoms with van der Waals surface area (Å²) in [5.41, 5.74) is -0.632. The largest absolute Gasteiger partial charge is 0.508 e. The molecule has 1 saturated heterocycles. The summed E-state index contributed by atoms with van der Waals surface area (Å²) in [7, 11) is 3.80. The minimum Gasteiger partial charge on any atom is -0.458 e. The molecule has 1 aliphatic heterocycles. The van der Waals surface area contributed by atoms with Crippen LogP contribution in [0.25, 0.3) is 0 Å². The normalized spacial score (nSPS) is 42.2. The molecule has 0 aromatic rings. The Kier molecular flexibility index (Phi) is 6.99. The first kappa shape index (κ1) is 27.6. The minimum atomic E-state index is -0.810. The van der Waals surface area contributed by atoms with Crippen molar-refractivity contribution in [3.63, 3.8) is 0 Å². The van der Waals surface area contributed by atoms with Crippen molar-refractivity contribution in [1.29, 1.82) is 0 Å². The zero-order valence-electron chi connectivity index (χ0n) is 23.2. The van der Waals surface area contributed by atoms with Gasteiger partial charge in [0.15, 0.2) is 0 Å². The molecule has 1 heterocycles. The summed E-state index contributed by atoms with van der Waals surface area (Å²) in [4.78, 5) is 49.3. The van der Waals surface area contributed by atoms with Crippen LogP contribution in [0, 0.1) is 28.6 Å². The van der Waals surface area contributed by atoms with Gasteiger partial charge in [-0.15, -0.1) is 0 Å². The average molecular weight is 551 g/mol. The highest BCUT2D eigenvalue weighted by atomic mass is 16.7. The molecule has 39 heavy (non-hydrogen) atoms. The lowest BCUT2D eigenvalue weighted by atomic mass is 9.45. The Morgan fingerprint density at radius 2 is 1.56 bits per heavy atom. The van der Waals surface area contributed by atoms with Gasteiger partial charge in [0.2, 0.25) is 0 Å². The fourth-order valence-corrected chi connectivity index (χ4v) is 8.79. The van der Waals surface area contributed by atoms with Crippen LogP contribution >= 0.6 is 0 Å². The van der Waals surface area contributed by atoms with E-state index in [2.05, 4.69) is 13.8 Å². The van der Waals surface area contributed by atoms with Crippen molar-refractivity contribution in [1.82, 2.24) is 0 Å². The molecule has 4 aliphatic carbocycles. The van der Waals surface area contributed by atoms with Crippen LogP contribution in [-0.2, 0) is 38.0 Å². The summed E-state index contributed by atoms with van der Waals surface area (Å²) >= 11 is 0. The van der Waals surface area contributed by atoms with E-state index < -0.39 is 53.2 Å². The second kappa shape index (κ2) is 9.89. The number of fused-ring (bicyclic) bond motifs is 6. The predicted molar refractivity (Wildman–Crippen MR) is 132 cm³/mol. The van der Waals surface area contributed by atoms with Crippen molar-refractivity contribution in [2.45, 2.75) is 89.1 Å². The van der Waals surface area contributed by atoms with Gasteiger partial charge in [0.25, 0.3) is 0 Å². The molecule has 3 saturated carbocycles. The Bertz CT molecular complexity index is 1070. The number of hydrogen-bond acceptors (Lipinski definition) is 11. The number of esters is 1. The molecule has 4 fully saturated rings. The Balaban J connectivity index is 1.60. The fraction of sp³-hybridized carbons (Fsp3) is 0.786. The van der Waals surface area contributed by atoms with E-state index in [0.29, 0.717) is 44.9 Å². The van der Waals surface area contributed by atoms with Crippen molar-refractivity contribution >= 4 is 24.4 Å². The zero-order valence-corrected chi connectivity index (χ0v) is 23.2. The smallest absolute Gasteiger partial charge is 0.458 e. The van der Waals surface area contributed by atoms with Gasteiger partial charge < -0.3 is 33.2 Å². The lowest BCUT2D eigenvalue weighted by Crippen LogP contribution is -2.63. The maximum atomic E-state index is 12.6. The maximum absolute atomic E-state index is 12.6. The summed E-state index contributed by atoms with van der Waals surface area (Å²) in [5.74, 6) is -0.647. The number of methoxy groups -OCH3 is 3. The van der Waals surface area contributed by atoms with E-state index in [0.717, 1.165) is 12.0 Å². The highest BCUT2D eigenvalue weighted by molar-refractivity contribution is 5.72. The Hall–Kier alpha value is -2.98. The molecule has 11 heteroatoms. The van der Waals surface area contributed by atoms with Gasteiger partial charge in [-0.1, -0.05) is 19.4 Å². The monoisotopic (exact) mass is 550 g/mol. The van der Waals surface area contributed by atoms with Gasteiger partial charge in [-0.2, -0.15) is 0 Å². The van der Waals surface area contributed by atoms with E-state index in [1.165, 1.54) is 21.3 Å². The van der Waals surface area contributed by atoms with Crippen LogP contribution in [0.1, 0.15) is 65.2 Å². The first-order valence-corrected chi connectivity index (χ1v) is 13.7. The molecule has 0 bridgehead atoms. The molecule has 5 rings (SSSR count). The van der Waals surface area contributed by atoms with E-state index >= 15 is 0 Å². The highest BCUT2D eigenvalue weighted by Crippen LogP contribution is 2.70. The van der Waals surface area contributed by atoms with Crippen LogP contribution in [0.15, 0.2) is 11.6 Å². The summed E-state index contributed by atoms with van der Waals surface area (Å²) < 4.78 is 38.0. The third-order valence-electron chi connectivity index (χ3n) is 10.6. The molecule has 1 spiro atoms. The molecule has 11 nitrogen and oxygen atoms in total. The van der Waals surface area contributed by atoms with Crippen molar-refractivity contribution in [2.75, 3.05) is 21.3 Å². The van der Waals surface area contributed by atoms with E-state index in [4.69, 9.17) is 33.2 Å². The predicted octanol–water partition coefficient (Wildman–Crippen LogP) is 4.70. The van der Waals surface area contributed by atoms with Gasteiger partial charge in [-0.3, -0.25) is 4.79 Å². The van der Waals surface area contributed by atoms with E-state index in [1.54, 1.807) is 0 Å². The Morgan fingerprint density at radius 1 is 0.897 bits per heavy atom. The van der Waals surface area contributed by atoms with E-state index in [-0.39, 0.29) is 23.7 Å². The van der Waals surface area contributed by atoms with Gasteiger partial charge >= 0.3 is 24.4 Å². The van der Waals surface area contributed by atoms with Crippen molar-refractivity contribution in [2.24, 2.45) is 28.6 Å². The summed E-state index contributed by atoms with van der Waals surface area (Å²) in [5, 5.41) is 0. The van der Waals surface area contributed by atoms with E-state index in [1.807, 2.05) is 6.08 Å². The molecule has 0 aromatic heterocycles. The van der Waals surface area contributed by atoms with Crippen LogP contribution in [0.4, 0.5) is 14.4 Å². The van der Waals surface area contributed by atoms with Crippen LogP contribution in [0.3, 0.4) is 0 Å². The van der Waals surface area contributed by atoms with Crippen LogP contribution in [0.5, 0.6) is 0 Å². The lowest BCUT2D eigenvalue weighted by Gasteiger charge is -2.61. The Morgan fingerprint density at radius 3 is 2.21 bits per heavy atom. The quantitative estimate of drug-likeness (QED) is 0.275. The molecule has 0 radical (unpaired) electrons. The number of rotatable bonds is 3. The maximum Gasteiger partial charge on any atom is 0.508 e. The van der Waals surface area contributed by atoms with Crippen LogP contribution < -0.4 is 0 Å². The third kappa shape index (κ3) is 4.32. The SMILES string of the molecule is COC(=O)OC1C=C2C[C@@H](OC(=O)OC)CC[C@]2(C)C2C(OC(=O)OC)C[C@@]3(C)C(CCC34CCC(=O)O4)C12. The number of hydrogen-bond donors (Lipinski definition) is 0. The molecule has 5 aliphatic rings. The fourth-order valence-electron chi connectivity index (χ4n) is 8.79. The molecule has 9 atom stereocenters.